The quantitative estimate of drug-likeness (QED) is 0.182. The van der Waals surface area contributed by atoms with E-state index in [1.807, 2.05) is 0 Å². The van der Waals surface area contributed by atoms with E-state index in [9.17, 15) is 28.1 Å². The maximum absolute atomic E-state index is 12.8. The van der Waals surface area contributed by atoms with Crippen LogP contribution >= 0.6 is 0 Å². The molecule has 0 saturated heterocycles. The van der Waals surface area contributed by atoms with Gasteiger partial charge in [-0.3, -0.25) is 10.1 Å². The van der Waals surface area contributed by atoms with Crippen molar-refractivity contribution >= 4 is 23.0 Å². The fraction of sp³-hybridized carbons (Fsp3) is 0.286. The van der Waals surface area contributed by atoms with Crippen LogP contribution < -0.4 is 10.1 Å². The summed E-state index contributed by atoms with van der Waals surface area (Å²) in [5.74, 6) is 0.0697. The van der Waals surface area contributed by atoms with E-state index in [4.69, 9.17) is 14.2 Å². The molecule has 2 aromatic carbocycles. The number of nitrogens with zero attached hydrogens (tertiary/aromatic N) is 1. The molecule has 0 heterocycles. The van der Waals surface area contributed by atoms with Crippen molar-refractivity contribution in [2.24, 2.45) is 0 Å². The summed E-state index contributed by atoms with van der Waals surface area (Å²) in [5, 5.41) is 13.9. The molecule has 0 fully saturated rings. The zero-order chi connectivity index (χ0) is 23.9. The number of carbonyl (C=O) groups excluding carboxylic acids is 1. The number of ether oxygens (including phenoxy) is 3. The second-order valence-corrected chi connectivity index (χ2v) is 6.40. The number of halogens is 3. The average Bonchev–Trinajstić information content (AvgIpc) is 2.72. The van der Waals surface area contributed by atoms with E-state index in [-0.39, 0.29) is 18.1 Å². The van der Waals surface area contributed by atoms with Gasteiger partial charge in [0.25, 0.3) is 5.69 Å². The highest BCUT2D eigenvalue weighted by Crippen LogP contribution is 2.36. The van der Waals surface area contributed by atoms with Crippen molar-refractivity contribution in [2.45, 2.75) is 26.1 Å². The summed E-state index contributed by atoms with van der Waals surface area (Å²) in [6.45, 7) is 3.55. The van der Waals surface area contributed by atoms with Gasteiger partial charge in [0.15, 0.2) is 6.10 Å². The number of hydrogen-bond donors (Lipinski definition) is 1. The Hall–Kier alpha value is -3.76. The molecule has 0 bridgehead atoms. The molecule has 1 N–H and O–H groups in total. The lowest BCUT2D eigenvalue weighted by atomic mass is 10.1. The molecular formula is C21H21F3N2O6. The minimum absolute atomic E-state index is 0.0934. The van der Waals surface area contributed by atoms with E-state index in [0.29, 0.717) is 17.5 Å². The maximum atomic E-state index is 12.8. The highest BCUT2D eigenvalue weighted by atomic mass is 19.4. The van der Waals surface area contributed by atoms with Gasteiger partial charge in [-0.2, -0.15) is 13.2 Å². The predicted molar refractivity (Wildman–Crippen MR) is 110 cm³/mol. The molecule has 2 rings (SSSR count). The van der Waals surface area contributed by atoms with Crippen molar-refractivity contribution in [3.8, 4) is 5.75 Å². The summed E-state index contributed by atoms with van der Waals surface area (Å²) in [6, 6.07) is 8.40. The highest BCUT2D eigenvalue weighted by molar-refractivity contribution is 5.82. The number of rotatable bonds is 9. The van der Waals surface area contributed by atoms with Gasteiger partial charge >= 0.3 is 12.1 Å². The number of anilines is 2. The molecule has 172 valence electrons. The van der Waals surface area contributed by atoms with Crippen LogP contribution in [0.4, 0.5) is 30.2 Å². The molecule has 32 heavy (non-hydrogen) atoms. The Morgan fingerprint density at radius 2 is 1.88 bits per heavy atom. The molecule has 0 saturated carbocycles. The fourth-order valence-corrected chi connectivity index (χ4v) is 2.64. The molecule has 2 aromatic rings. The van der Waals surface area contributed by atoms with Crippen molar-refractivity contribution in [2.75, 3.05) is 19.0 Å². The van der Waals surface area contributed by atoms with Gasteiger partial charge in [0.05, 0.1) is 30.3 Å². The molecule has 11 heteroatoms. The molecule has 8 nitrogen and oxygen atoms in total. The third-order valence-electron chi connectivity index (χ3n) is 4.15. The van der Waals surface area contributed by atoms with E-state index in [2.05, 4.69) is 5.32 Å². The van der Waals surface area contributed by atoms with Crippen molar-refractivity contribution in [3.63, 3.8) is 0 Å². The number of hydrogen-bond acceptors (Lipinski definition) is 7. The van der Waals surface area contributed by atoms with Gasteiger partial charge in [0, 0.05) is 11.8 Å². The smallest absolute Gasteiger partial charge is 0.416 e. The minimum atomic E-state index is -4.69. The highest BCUT2D eigenvalue weighted by Gasteiger charge is 2.33. The molecule has 0 spiro atoms. The molecular weight excluding hydrogens is 433 g/mol. The predicted octanol–water partition coefficient (Wildman–Crippen LogP) is 5.22. The second kappa shape index (κ2) is 10.5. The summed E-state index contributed by atoms with van der Waals surface area (Å²) in [7, 11) is 1.38. The van der Waals surface area contributed by atoms with Crippen LogP contribution in [0.5, 0.6) is 5.75 Å². The fourth-order valence-electron chi connectivity index (χ4n) is 2.64. The Morgan fingerprint density at radius 3 is 2.41 bits per heavy atom. The molecule has 1 atom stereocenters. The van der Waals surface area contributed by atoms with Gasteiger partial charge in [-0.1, -0.05) is 0 Å². The van der Waals surface area contributed by atoms with E-state index >= 15 is 0 Å². The first-order chi connectivity index (χ1) is 15.0. The van der Waals surface area contributed by atoms with E-state index in [1.54, 1.807) is 26.0 Å². The zero-order valence-corrected chi connectivity index (χ0v) is 17.4. The summed E-state index contributed by atoms with van der Waals surface area (Å²) in [6.07, 6.45) is -4.14. The van der Waals surface area contributed by atoms with Crippen molar-refractivity contribution in [1.29, 1.82) is 0 Å². The van der Waals surface area contributed by atoms with Crippen LogP contribution in [0.3, 0.4) is 0 Å². The molecule has 1 unspecified atom stereocenters. The largest absolute Gasteiger partial charge is 0.497 e. The van der Waals surface area contributed by atoms with Crippen LogP contribution in [0.15, 0.2) is 54.3 Å². The number of carbonyl (C=O) groups is 1. The number of nitrogens with one attached hydrogen (secondary N) is 1. The van der Waals surface area contributed by atoms with E-state index in [1.165, 1.54) is 25.3 Å². The number of methoxy groups -OCH3 is 1. The first kappa shape index (κ1) is 24.5. The molecule has 0 aliphatic rings. The third-order valence-corrected chi connectivity index (χ3v) is 4.15. The number of nitro groups is 1. The van der Waals surface area contributed by atoms with Gasteiger partial charge in [0.2, 0.25) is 0 Å². The number of esters is 1. The van der Waals surface area contributed by atoms with Gasteiger partial charge in [-0.25, -0.2) is 4.79 Å². The summed E-state index contributed by atoms with van der Waals surface area (Å²) in [5.41, 5.74) is -1.52. The standard InChI is InChI=1S/C21H21F3N2O6/c1-4-31-20(27)12-19(30-3)13(2)32-16-8-6-15(7-9-16)25-17-10-5-14(21(22,23)24)11-18(17)26(28)29/h5-13,25H,4H2,1-3H3. The Balaban J connectivity index is 2.15. The zero-order valence-electron chi connectivity index (χ0n) is 17.4. The van der Waals surface area contributed by atoms with E-state index in [0.717, 1.165) is 12.1 Å². The van der Waals surface area contributed by atoms with Crippen LogP contribution in [0.1, 0.15) is 19.4 Å². The summed E-state index contributed by atoms with van der Waals surface area (Å²) >= 11 is 0. The Labute approximate surface area is 181 Å². The van der Waals surface area contributed by atoms with Crippen LogP contribution in [0.25, 0.3) is 0 Å². The normalized spacial score (nSPS) is 12.6. The second-order valence-electron chi connectivity index (χ2n) is 6.40. The maximum Gasteiger partial charge on any atom is 0.416 e. The SMILES string of the molecule is CCOC(=O)C=C(OC)C(C)Oc1ccc(Nc2ccc(C(F)(F)F)cc2[N+](=O)[O-])cc1. The Morgan fingerprint density at radius 1 is 1.22 bits per heavy atom. The van der Waals surface area contributed by atoms with Crippen LogP contribution in [0.2, 0.25) is 0 Å². The first-order valence-electron chi connectivity index (χ1n) is 9.36. The topological polar surface area (TPSA) is 99.9 Å². The van der Waals surface area contributed by atoms with Crippen LogP contribution in [0, 0.1) is 10.1 Å². The molecule has 0 aliphatic carbocycles. The van der Waals surface area contributed by atoms with Gasteiger partial charge in [-0.05, 0) is 50.2 Å². The molecule has 0 amide bonds. The molecule has 0 aromatic heterocycles. The van der Waals surface area contributed by atoms with Crippen LogP contribution in [-0.4, -0.2) is 30.7 Å². The van der Waals surface area contributed by atoms with Gasteiger partial charge in [0.1, 0.15) is 17.2 Å². The number of benzene rings is 2. The number of alkyl halides is 3. The monoisotopic (exact) mass is 454 g/mol. The first-order valence-corrected chi connectivity index (χ1v) is 9.36. The molecule has 0 aliphatic heterocycles. The summed E-state index contributed by atoms with van der Waals surface area (Å²) in [4.78, 5) is 21.9. The van der Waals surface area contributed by atoms with Crippen molar-refractivity contribution < 1.29 is 37.1 Å². The Kier molecular flexibility index (Phi) is 8.05. The van der Waals surface area contributed by atoms with Crippen LogP contribution in [-0.2, 0) is 20.4 Å². The molecule has 0 radical (unpaired) electrons. The minimum Gasteiger partial charge on any atom is -0.497 e. The third kappa shape index (κ3) is 6.62. The lowest BCUT2D eigenvalue weighted by Gasteiger charge is -2.17. The van der Waals surface area contributed by atoms with E-state index < -0.39 is 34.4 Å². The lowest BCUT2D eigenvalue weighted by Crippen LogP contribution is -2.18. The number of nitro benzene ring substituents is 1. The van der Waals surface area contributed by atoms with Crippen molar-refractivity contribution in [1.82, 2.24) is 0 Å². The summed E-state index contributed by atoms with van der Waals surface area (Å²) < 4.78 is 54.2. The van der Waals surface area contributed by atoms with Crippen molar-refractivity contribution in [3.05, 3.63) is 70.0 Å². The average molecular weight is 454 g/mol. The van der Waals surface area contributed by atoms with Gasteiger partial charge < -0.3 is 19.5 Å². The Bertz CT molecular complexity index is 990. The van der Waals surface area contributed by atoms with Gasteiger partial charge in [-0.15, -0.1) is 0 Å². The lowest BCUT2D eigenvalue weighted by molar-refractivity contribution is -0.384.